The van der Waals surface area contributed by atoms with Gasteiger partial charge in [-0.2, -0.15) is 4.89 Å². The van der Waals surface area contributed by atoms with Crippen LogP contribution in [-0.2, 0) is 14.5 Å². The molecule has 0 amide bonds. The van der Waals surface area contributed by atoms with Crippen LogP contribution in [0.1, 0.15) is 76.7 Å². The van der Waals surface area contributed by atoms with E-state index in [1.807, 2.05) is 6.07 Å². The lowest BCUT2D eigenvalue weighted by Gasteiger charge is -2.32. The number of hydrogen-bond acceptors (Lipinski definition) is 3. The predicted molar refractivity (Wildman–Crippen MR) is 96.0 cm³/mol. The van der Waals surface area contributed by atoms with E-state index in [1.165, 1.54) is 43.2 Å². The molecule has 1 saturated heterocycles. The van der Waals surface area contributed by atoms with Gasteiger partial charge < -0.3 is 4.74 Å². The third kappa shape index (κ3) is 4.47. The molecule has 2 atom stereocenters. The Balaban J connectivity index is 1.60. The molecule has 3 rings (SSSR count). The topological polar surface area (TPSA) is 27.7 Å². The summed E-state index contributed by atoms with van der Waals surface area (Å²) in [5, 5.41) is 0. The van der Waals surface area contributed by atoms with Crippen LogP contribution >= 0.6 is 0 Å². The fraction of sp³-hybridized carbons (Fsp3) is 0.619. The second-order valence-corrected chi connectivity index (χ2v) is 6.97. The Bertz CT molecular complexity index is 525. The summed E-state index contributed by atoms with van der Waals surface area (Å²) >= 11 is 0. The van der Waals surface area contributed by atoms with Crippen LogP contribution in [0.3, 0.4) is 0 Å². The summed E-state index contributed by atoms with van der Waals surface area (Å²) < 4.78 is 6.27. The first kappa shape index (κ1) is 17.7. The van der Waals surface area contributed by atoms with Crippen molar-refractivity contribution >= 4 is 6.08 Å². The van der Waals surface area contributed by atoms with Crippen molar-refractivity contribution in [1.82, 2.24) is 0 Å². The highest BCUT2D eigenvalue weighted by atomic mass is 17.3. The number of hydrogen-bond donors (Lipinski definition) is 0. The third-order valence-electron chi connectivity index (χ3n) is 4.99. The molecular formula is C21H30O3. The van der Waals surface area contributed by atoms with Crippen molar-refractivity contribution < 1.29 is 14.5 Å². The minimum atomic E-state index is -0.651. The number of benzene rings is 1. The molecule has 0 N–H and O–H groups in total. The Morgan fingerprint density at radius 3 is 2.75 bits per heavy atom. The first-order chi connectivity index (χ1) is 11.8. The van der Waals surface area contributed by atoms with E-state index in [0.29, 0.717) is 0 Å². The molecule has 0 radical (unpaired) electrons. The van der Waals surface area contributed by atoms with Gasteiger partial charge in [-0.25, -0.2) is 4.89 Å². The van der Waals surface area contributed by atoms with Gasteiger partial charge in [-0.15, -0.1) is 0 Å². The van der Waals surface area contributed by atoms with Crippen molar-refractivity contribution in [2.45, 2.75) is 83.2 Å². The fourth-order valence-corrected chi connectivity index (χ4v) is 3.59. The Morgan fingerprint density at radius 1 is 1.08 bits per heavy atom. The molecule has 2 aliphatic rings. The second-order valence-electron chi connectivity index (χ2n) is 6.97. The number of ether oxygens (including phenoxy) is 1. The summed E-state index contributed by atoms with van der Waals surface area (Å²) in [7, 11) is 0. The van der Waals surface area contributed by atoms with Gasteiger partial charge in [0.05, 0.1) is 0 Å². The molecule has 1 aromatic rings. The molecule has 3 heteroatoms. The first-order valence-electron chi connectivity index (χ1n) is 9.61. The fourth-order valence-electron chi connectivity index (χ4n) is 3.59. The molecule has 0 aromatic heterocycles. The van der Waals surface area contributed by atoms with Crippen LogP contribution in [0.25, 0.3) is 6.08 Å². The smallest absolute Gasteiger partial charge is 0.226 e. The minimum absolute atomic E-state index is 0.219. The third-order valence-corrected chi connectivity index (χ3v) is 4.99. The van der Waals surface area contributed by atoms with Gasteiger partial charge in [0.2, 0.25) is 5.79 Å². The largest absolute Gasteiger partial charge is 0.311 e. The molecule has 2 fully saturated rings. The van der Waals surface area contributed by atoms with Crippen molar-refractivity contribution in [3.05, 3.63) is 41.5 Å². The van der Waals surface area contributed by atoms with Crippen LogP contribution in [0, 0.1) is 0 Å². The summed E-state index contributed by atoms with van der Waals surface area (Å²) in [5.41, 5.74) is 2.41. The summed E-state index contributed by atoms with van der Waals surface area (Å²) in [6, 6.07) is 10.4. The molecule has 2 unspecified atom stereocenters. The Morgan fingerprint density at radius 2 is 1.92 bits per heavy atom. The Kier molecular flexibility index (Phi) is 6.47. The maximum atomic E-state index is 6.27. The van der Waals surface area contributed by atoms with Crippen molar-refractivity contribution in [2.75, 3.05) is 0 Å². The van der Waals surface area contributed by atoms with Crippen molar-refractivity contribution in [3.63, 3.8) is 0 Å². The van der Waals surface area contributed by atoms with E-state index in [-0.39, 0.29) is 6.29 Å². The Hall–Kier alpha value is -1.16. The SMILES string of the molecule is CCCCCCCC1OOC2(CCCC/C2=C\c2ccccc2)O1. The molecule has 1 aliphatic heterocycles. The van der Waals surface area contributed by atoms with Gasteiger partial charge in [0.15, 0.2) is 6.29 Å². The molecular weight excluding hydrogens is 300 g/mol. The Labute approximate surface area is 145 Å². The lowest BCUT2D eigenvalue weighted by molar-refractivity contribution is -0.324. The highest BCUT2D eigenvalue weighted by molar-refractivity contribution is 5.54. The molecule has 0 bridgehead atoms. The zero-order valence-corrected chi connectivity index (χ0v) is 14.8. The van der Waals surface area contributed by atoms with Crippen LogP contribution < -0.4 is 0 Å². The quantitative estimate of drug-likeness (QED) is 0.453. The van der Waals surface area contributed by atoms with E-state index < -0.39 is 5.79 Å². The molecule has 1 heterocycles. The normalized spacial score (nSPS) is 28.7. The molecule has 3 nitrogen and oxygen atoms in total. The van der Waals surface area contributed by atoms with E-state index in [2.05, 4.69) is 37.3 Å². The van der Waals surface area contributed by atoms with E-state index in [9.17, 15) is 0 Å². The van der Waals surface area contributed by atoms with Gasteiger partial charge in [-0.05, 0) is 36.8 Å². The lowest BCUT2D eigenvalue weighted by atomic mass is 9.87. The maximum Gasteiger partial charge on any atom is 0.226 e. The lowest BCUT2D eigenvalue weighted by Crippen LogP contribution is -2.36. The molecule has 1 aromatic carbocycles. The van der Waals surface area contributed by atoms with Crippen molar-refractivity contribution in [2.24, 2.45) is 0 Å². The van der Waals surface area contributed by atoms with E-state index in [0.717, 1.165) is 32.1 Å². The van der Waals surface area contributed by atoms with Gasteiger partial charge in [0.25, 0.3) is 0 Å². The second kappa shape index (κ2) is 8.80. The van der Waals surface area contributed by atoms with Gasteiger partial charge in [0.1, 0.15) is 0 Å². The summed E-state index contributed by atoms with van der Waals surface area (Å²) in [5.74, 6) is -0.651. The summed E-state index contributed by atoms with van der Waals surface area (Å²) in [6.07, 6.45) is 13.4. The first-order valence-corrected chi connectivity index (χ1v) is 9.61. The minimum Gasteiger partial charge on any atom is -0.311 e. The van der Waals surface area contributed by atoms with E-state index in [1.54, 1.807) is 0 Å². The van der Waals surface area contributed by atoms with Crippen molar-refractivity contribution in [3.8, 4) is 0 Å². The molecule has 1 spiro atoms. The summed E-state index contributed by atoms with van der Waals surface area (Å²) in [4.78, 5) is 11.3. The zero-order valence-electron chi connectivity index (χ0n) is 14.8. The van der Waals surface area contributed by atoms with E-state index in [4.69, 9.17) is 14.5 Å². The summed E-state index contributed by atoms with van der Waals surface area (Å²) in [6.45, 7) is 2.24. The van der Waals surface area contributed by atoms with Crippen LogP contribution in [-0.4, -0.2) is 12.1 Å². The average molecular weight is 330 g/mol. The van der Waals surface area contributed by atoms with Gasteiger partial charge >= 0.3 is 0 Å². The molecule has 1 aliphatic carbocycles. The number of unbranched alkanes of at least 4 members (excludes halogenated alkanes) is 4. The van der Waals surface area contributed by atoms with Crippen LogP contribution in [0.15, 0.2) is 35.9 Å². The van der Waals surface area contributed by atoms with Gasteiger partial charge in [0, 0.05) is 12.8 Å². The zero-order chi connectivity index (χ0) is 16.7. The average Bonchev–Trinajstić information content (AvgIpc) is 3.02. The predicted octanol–water partition coefficient (Wildman–Crippen LogP) is 6.01. The number of rotatable bonds is 7. The van der Waals surface area contributed by atoms with Crippen molar-refractivity contribution in [1.29, 1.82) is 0 Å². The van der Waals surface area contributed by atoms with Crippen LogP contribution in [0.4, 0.5) is 0 Å². The molecule has 24 heavy (non-hydrogen) atoms. The van der Waals surface area contributed by atoms with Gasteiger partial charge in [-0.1, -0.05) is 69.0 Å². The molecule has 132 valence electrons. The van der Waals surface area contributed by atoms with Gasteiger partial charge in [-0.3, -0.25) is 0 Å². The van der Waals surface area contributed by atoms with Crippen LogP contribution in [0.2, 0.25) is 0 Å². The molecule has 1 saturated carbocycles. The highest BCUT2D eigenvalue weighted by Gasteiger charge is 2.47. The maximum absolute atomic E-state index is 6.27. The van der Waals surface area contributed by atoms with E-state index >= 15 is 0 Å². The monoisotopic (exact) mass is 330 g/mol. The van der Waals surface area contributed by atoms with Crippen LogP contribution in [0.5, 0.6) is 0 Å². The standard InChI is InChI=1S/C21H30O3/c1-2-3-4-5-9-15-20-22-21(24-23-20)16-11-10-14-19(21)17-18-12-7-6-8-13-18/h6-8,12-13,17,20H,2-5,9-11,14-16H2,1H3/b19-17+. The highest BCUT2D eigenvalue weighted by Crippen LogP contribution is 2.44.